The van der Waals surface area contributed by atoms with Gasteiger partial charge in [0.1, 0.15) is 10.1 Å². The zero-order valence-electron chi connectivity index (χ0n) is 10.1. The number of nitrogens with zero attached hydrogens (tertiary/aromatic N) is 1. The van der Waals surface area contributed by atoms with E-state index in [1.54, 1.807) is 24.3 Å². The summed E-state index contributed by atoms with van der Waals surface area (Å²) >= 11 is 15.5. The predicted molar refractivity (Wildman–Crippen MR) is 90.9 cm³/mol. The summed E-state index contributed by atoms with van der Waals surface area (Å²) < 4.78 is 1.19. The summed E-state index contributed by atoms with van der Waals surface area (Å²) in [7, 11) is 0. The van der Waals surface area contributed by atoms with Gasteiger partial charge in [-0.3, -0.25) is 9.69 Å². The number of carbonyl (C=O) groups excluding carboxylic acids is 1. The molecule has 0 atom stereocenters. The number of carbonyl (C=O) groups is 1. The second-order valence-electron chi connectivity index (χ2n) is 3.91. The van der Waals surface area contributed by atoms with Crippen molar-refractivity contribution < 1.29 is 9.90 Å². The molecule has 1 aliphatic rings. The number of phenolic OH excluding ortho intramolecular Hbond substituents is 1. The number of hydrogen-bond donors (Lipinski definition) is 1. The first kappa shape index (κ1) is 15.6. The van der Waals surface area contributed by atoms with Crippen molar-refractivity contribution in [2.75, 3.05) is 6.54 Å². The normalized spacial score (nSPS) is 17.1. The molecule has 1 aromatic rings. The molecule has 3 nitrogen and oxygen atoms in total. The standard InChI is InChI=1S/C13H9BrClNO2S2/c1-2-3-16-12(18)10(20-13(16)19)5-7-4-8(14)6-9(15)11(7)17/h2,4-6,17H,1,3H2/b10-5+. The third-order valence-corrected chi connectivity index (χ3v) is 4.65. The smallest absolute Gasteiger partial charge is 0.266 e. The lowest BCUT2D eigenvalue weighted by Crippen LogP contribution is -2.27. The van der Waals surface area contributed by atoms with Crippen LogP contribution in [0.4, 0.5) is 0 Å². The molecule has 1 amide bonds. The number of aromatic hydroxyl groups is 1. The first-order chi connectivity index (χ1) is 9.43. The molecular weight excluding hydrogens is 382 g/mol. The Kier molecular flexibility index (Phi) is 4.90. The van der Waals surface area contributed by atoms with Crippen molar-refractivity contribution in [3.63, 3.8) is 0 Å². The van der Waals surface area contributed by atoms with Crippen molar-refractivity contribution >= 4 is 67.8 Å². The summed E-state index contributed by atoms with van der Waals surface area (Å²) in [5.41, 5.74) is 0.462. The van der Waals surface area contributed by atoms with Crippen LogP contribution in [0.25, 0.3) is 6.08 Å². The summed E-state index contributed by atoms with van der Waals surface area (Å²) in [6, 6.07) is 3.26. The lowest BCUT2D eigenvalue weighted by molar-refractivity contribution is -0.121. The Hall–Kier alpha value is -0.820. The largest absolute Gasteiger partial charge is 0.506 e. The molecule has 0 radical (unpaired) electrons. The highest BCUT2D eigenvalue weighted by atomic mass is 79.9. The number of thiocarbonyl (C=S) groups is 1. The summed E-state index contributed by atoms with van der Waals surface area (Å²) in [4.78, 5) is 14.1. The van der Waals surface area contributed by atoms with Crippen molar-refractivity contribution in [3.8, 4) is 5.75 Å². The number of rotatable bonds is 3. The van der Waals surface area contributed by atoms with Crippen LogP contribution in [0.1, 0.15) is 5.56 Å². The van der Waals surface area contributed by atoms with Crippen LogP contribution in [0.15, 0.2) is 34.2 Å². The van der Waals surface area contributed by atoms with E-state index in [9.17, 15) is 9.90 Å². The van der Waals surface area contributed by atoms with Crippen molar-refractivity contribution in [1.82, 2.24) is 4.90 Å². The number of hydrogen-bond acceptors (Lipinski definition) is 4. The van der Waals surface area contributed by atoms with Crippen molar-refractivity contribution in [2.45, 2.75) is 0 Å². The summed E-state index contributed by atoms with van der Waals surface area (Å²) in [5.74, 6) is -0.265. The van der Waals surface area contributed by atoms with Crippen molar-refractivity contribution in [1.29, 1.82) is 0 Å². The molecule has 0 bridgehead atoms. The molecular formula is C13H9BrClNO2S2. The van der Waals surface area contributed by atoms with Gasteiger partial charge in [0.15, 0.2) is 0 Å². The Morgan fingerprint density at radius 2 is 2.25 bits per heavy atom. The van der Waals surface area contributed by atoms with Crippen LogP contribution in [-0.4, -0.2) is 26.8 Å². The Balaban J connectivity index is 2.40. The first-order valence-corrected chi connectivity index (χ1v) is 7.88. The zero-order valence-corrected chi connectivity index (χ0v) is 14.1. The van der Waals surface area contributed by atoms with Gasteiger partial charge < -0.3 is 5.11 Å². The van der Waals surface area contributed by atoms with E-state index >= 15 is 0 Å². The minimum absolute atomic E-state index is 0.0659. The second-order valence-corrected chi connectivity index (χ2v) is 6.91. The minimum atomic E-state index is -0.199. The molecule has 20 heavy (non-hydrogen) atoms. The van der Waals surface area contributed by atoms with Gasteiger partial charge >= 0.3 is 0 Å². The average molecular weight is 391 g/mol. The number of halogens is 2. The highest BCUT2D eigenvalue weighted by Crippen LogP contribution is 2.37. The van der Waals surface area contributed by atoms with Gasteiger partial charge in [0.25, 0.3) is 5.91 Å². The van der Waals surface area contributed by atoms with Gasteiger partial charge in [0.2, 0.25) is 0 Å². The van der Waals surface area contributed by atoms with E-state index in [1.807, 2.05) is 0 Å². The topological polar surface area (TPSA) is 40.5 Å². The number of amides is 1. The average Bonchev–Trinajstić information content (AvgIpc) is 2.63. The predicted octanol–water partition coefficient (Wildman–Crippen LogP) is 4.20. The van der Waals surface area contributed by atoms with Crippen molar-refractivity contribution in [2.24, 2.45) is 0 Å². The fraction of sp³-hybridized carbons (Fsp3) is 0.0769. The number of benzene rings is 1. The summed E-state index contributed by atoms with van der Waals surface area (Å²) in [5, 5.41) is 10.1. The van der Waals surface area contributed by atoms with Crippen LogP contribution in [0.3, 0.4) is 0 Å². The number of thioether (sulfide) groups is 1. The van der Waals surface area contributed by atoms with E-state index in [1.165, 1.54) is 16.7 Å². The molecule has 1 saturated heterocycles. The van der Waals surface area contributed by atoms with Crippen LogP contribution in [0, 0.1) is 0 Å². The fourth-order valence-electron chi connectivity index (χ4n) is 1.62. The molecule has 1 fully saturated rings. The fourth-order valence-corrected chi connectivity index (χ4v) is 3.72. The van der Waals surface area contributed by atoms with E-state index in [-0.39, 0.29) is 16.7 Å². The van der Waals surface area contributed by atoms with Gasteiger partial charge in [-0.1, -0.05) is 57.6 Å². The maximum Gasteiger partial charge on any atom is 0.266 e. The Labute approximate surface area is 139 Å². The Morgan fingerprint density at radius 3 is 2.90 bits per heavy atom. The van der Waals surface area contributed by atoms with Crippen LogP contribution < -0.4 is 0 Å². The monoisotopic (exact) mass is 389 g/mol. The van der Waals surface area contributed by atoms with Crippen LogP contribution in [0.2, 0.25) is 5.02 Å². The Morgan fingerprint density at radius 1 is 1.55 bits per heavy atom. The molecule has 1 aliphatic heterocycles. The number of phenols is 1. The molecule has 0 saturated carbocycles. The van der Waals surface area contributed by atoms with Crippen LogP contribution in [0.5, 0.6) is 5.75 Å². The third-order valence-electron chi connectivity index (χ3n) is 2.53. The third kappa shape index (κ3) is 3.09. The molecule has 1 aromatic carbocycles. The first-order valence-electron chi connectivity index (χ1n) is 5.48. The molecule has 0 aromatic heterocycles. The molecule has 0 spiro atoms. The SMILES string of the molecule is C=CCN1C(=O)/C(=C\c2cc(Br)cc(Cl)c2O)SC1=S. The molecule has 0 aliphatic carbocycles. The summed E-state index contributed by atoms with van der Waals surface area (Å²) in [6.45, 7) is 3.96. The van der Waals surface area contributed by atoms with Gasteiger partial charge in [-0.25, -0.2) is 0 Å². The van der Waals surface area contributed by atoms with Gasteiger partial charge in [0.05, 0.1) is 9.93 Å². The maximum absolute atomic E-state index is 12.2. The molecule has 1 N–H and O–H groups in total. The minimum Gasteiger partial charge on any atom is -0.506 e. The van der Waals surface area contributed by atoms with Crippen molar-refractivity contribution in [3.05, 3.63) is 44.8 Å². The lowest BCUT2D eigenvalue weighted by Gasteiger charge is -2.10. The quantitative estimate of drug-likeness (QED) is 0.477. The lowest BCUT2D eigenvalue weighted by atomic mass is 10.2. The van der Waals surface area contributed by atoms with E-state index in [0.29, 0.717) is 25.8 Å². The van der Waals surface area contributed by atoms with Gasteiger partial charge in [-0.15, -0.1) is 6.58 Å². The van der Waals surface area contributed by atoms with E-state index < -0.39 is 0 Å². The molecule has 1 heterocycles. The van der Waals surface area contributed by atoms with Crippen LogP contribution >= 0.6 is 51.5 Å². The zero-order chi connectivity index (χ0) is 14.9. The highest BCUT2D eigenvalue weighted by molar-refractivity contribution is 9.10. The van der Waals surface area contributed by atoms with Gasteiger partial charge in [-0.2, -0.15) is 0 Å². The maximum atomic E-state index is 12.2. The van der Waals surface area contributed by atoms with E-state index in [2.05, 4.69) is 22.5 Å². The summed E-state index contributed by atoms with van der Waals surface area (Å²) in [6.07, 6.45) is 3.19. The molecule has 2 rings (SSSR count). The molecule has 0 unspecified atom stereocenters. The van der Waals surface area contributed by atoms with Crippen LogP contribution in [-0.2, 0) is 4.79 Å². The highest BCUT2D eigenvalue weighted by Gasteiger charge is 2.31. The van der Waals surface area contributed by atoms with E-state index in [0.717, 1.165) is 0 Å². The Bertz CT molecular complexity index is 646. The molecule has 7 heteroatoms. The van der Waals surface area contributed by atoms with Gasteiger partial charge in [0, 0.05) is 16.6 Å². The van der Waals surface area contributed by atoms with E-state index in [4.69, 9.17) is 23.8 Å². The van der Waals surface area contributed by atoms with Gasteiger partial charge in [-0.05, 0) is 18.2 Å². The second kappa shape index (κ2) is 6.30. The molecule has 104 valence electrons.